The molecule has 0 N–H and O–H groups in total. The van der Waals surface area contributed by atoms with Gasteiger partial charge in [0.25, 0.3) is 5.95 Å². The molecule has 0 unspecified atom stereocenters. The largest absolute Gasteiger partial charge is 0.428 e. The molecule has 0 amide bonds. The van der Waals surface area contributed by atoms with Gasteiger partial charge in [0.15, 0.2) is 0 Å². The maximum Gasteiger partial charge on any atom is 0.282 e. The van der Waals surface area contributed by atoms with Gasteiger partial charge in [-0.25, -0.2) is 0 Å². The Bertz CT molecular complexity index is 231. The van der Waals surface area contributed by atoms with Gasteiger partial charge in [0.2, 0.25) is 0 Å². The topological polar surface area (TPSA) is 18.5 Å². The first kappa shape index (κ1) is 9.17. The van der Waals surface area contributed by atoms with E-state index in [2.05, 4.69) is 27.4 Å². The van der Waals surface area contributed by atoms with Gasteiger partial charge < -0.3 is 9.47 Å². The highest BCUT2D eigenvalue weighted by Gasteiger charge is 2.23. The molecular formula is C10H16O2. The minimum atomic E-state index is 0.227. The first-order valence-corrected chi connectivity index (χ1v) is 4.13. The van der Waals surface area contributed by atoms with Crippen molar-refractivity contribution in [2.45, 2.75) is 34.1 Å². The molecule has 0 atom stereocenters. The number of hydrogen-bond acceptors (Lipinski definition) is 2. The van der Waals surface area contributed by atoms with Crippen LogP contribution in [0.3, 0.4) is 0 Å². The molecule has 0 saturated heterocycles. The van der Waals surface area contributed by atoms with Crippen LogP contribution in [-0.4, -0.2) is 0 Å². The van der Waals surface area contributed by atoms with Gasteiger partial charge in [-0.3, -0.25) is 0 Å². The number of ether oxygens (including phenoxy) is 2. The van der Waals surface area contributed by atoms with Crippen LogP contribution >= 0.6 is 0 Å². The molecule has 0 bridgehead atoms. The van der Waals surface area contributed by atoms with Crippen LogP contribution in [0.2, 0.25) is 0 Å². The normalized spacial score (nSPS) is 17.8. The smallest absolute Gasteiger partial charge is 0.282 e. The maximum absolute atomic E-state index is 5.31. The zero-order valence-corrected chi connectivity index (χ0v) is 8.23. The summed E-state index contributed by atoms with van der Waals surface area (Å²) in [7, 11) is 0. The van der Waals surface area contributed by atoms with Gasteiger partial charge in [-0.05, 0) is 18.9 Å². The van der Waals surface area contributed by atoms with Crippen molar-refractivity contribution < 1.29 is 9.47 Å². The summed E-state index contributed by atoms with van der Waals surface area (Å²) < 4.78 is 10.5. The van der Waals surface area contributed by atoms with E-state index in [0.717, 1.165) is 17.9 Å². The second-order valence-corrected chi connectivity index (χ2v) is 4.29. The molecule has 2 heteroatoms. The van der Waals surface area contributed by atoms with E-state index >= 15 is 0 Å². The van der Waals surface area contributed by atoms with Gasteiger partial charge >= 0.3 is 0 Å². The summed E-state index contributed by atoms with van der Waals surface area (Å²) in [5.41, 5.74) is 0.227. The Morgan fingerprint density at radius 2 is 1.83 bits per heavy atom. The van der Waals surface area contributed by atoms with E-state index in [1.807, 2.05) is 6.92 Å². The Morgan fingerprint density at radius 3 is 2.17 bits per heavy atom. The molecule has 0 saturated carbocycles. The quantitative estimate of drug-likeness (QED) is 0.598. The average Bonchev–Trinajstić information content (AvgIpc) is 2.06. The van der Waals surface area contributed by atoms with E-state index < -0.39 is 0 Å². The number of hydrogen-bond donors (Lipinski definition) is 0. The van der Waals surface area contributed by atoms with Crippen LogP contribution in [-0.2, 0) is 9.47 Å². The second kappa shape index (κ2) is 2.85. The third-order valence-corrected chi connectivity index (χ3v) is 1.59. The minimum absolute atomic E-state index is 0.227. The predicted molar refractivity (Wildman–Crippen MR) is 48.1 cm³/mol. The van der Waals surface area contributed by atoms with Crippen molar-refractivity contribution in [2.24, 2.45) is 5.41 Å². The van der Waals surface area contributed by atoms with Crippen molar-refractivity contribution >= 4 is 0 Å². The Balaban J connectivity index is 2.65. The molecule has 2 nitrogen and oxygen atoms in total. The van der Waals surface area contributed by atoms with Gasteiger partial charge in [0.05, 0.1) is 0 Å². The first-order chi connectivity index (χ1) is 5.38. The highest BCUT2D eigenvalue weighted by molar-refractivity contribution is 5.10. The van der Waals surface area contributed by atoms with Gasteiger partial charge in [0, 0.05) is 6.42 Å². The Labute approximate surface area is 73.9 Å². The van der Waals surface area contributed by atoms with Crippen LogP contribution < -0.4 is 0 Å². The van der Waals surface area contributed by atoms with Crippen molar-refractivity contribution in [1.82, 2.24) is 0 Å². The van der Waals surface area contributed by atoms with Crippen LogP contribution in [0.25, 0.3) is 0 Å². The van der Waals surface area contributed by atoms with Gasteiger partial charge in [-0.2, -0.15) is 0 Å². The van der Waals surface area contributed by atoms with E-state index in [1.165, 1.54) is 0 Å². The van der Waals surface area contributed by atoms with E-state index in [-0.39, 0.29) is 5.41 Å². The van der Waals surface area contributed by atoms with E-state index in [1.54, 1.807) is 0 Å². The highest BCUT2D eigenvalue weighted by atomic mass is 16.7. The molecular weight excluding hydrogens is 152 g/mol. The number of rotatable bonds is 1. The zero-order chi connectivity index (χ0) is 9.35. The molecule has 1 rings (SSSR count). The fourth-order valence-electron chi connectivity index (χ4n) is 1.10. The summed E-state index contributed by atoms with van der Waals surface area (Å²) in [5, 5.41) is 0. The monoisotopic (exact) mass is 168 g/mol. The number of allylic oxidation sites excluding steroid dienone is 2. The third-order valence-electron chi connectivity index (χ3n) is 1.59. The van der Waals surface area contributed by atoms with Crippen molar-refractivity contribution in [3.63, 3.8) is 0 Å². The molecule has 1 aliphatic rings. The van der Waals surface area contributed by atoms with Crippen LogP contribution in [0.1, 0.15) is 34.1 Å². The molecule has 0 spiro atoms. The second-order valence-electron chi connectivity index (χ2n) is 4.29. The SMILES string of the molecule is C=C1OC(C)=C(CC(C)(C)C)O1. The van der Waals surface area contributed by atoms with Crippen LogP contribution in [0.5, 0.6) is 0 Å². The molecule has 1 aliphatic heterocycles. The zero-order valence-electron chi connectivity index (χ0n) is 8.23. The fraction of sp³-hybridized carbons (Fsp3) is 0.600. The van der Waals surface area contributed by atoms with E-state index in [4.69, 9.17) is 9.47 Å². The Morgan fingerprint density at radius 1 is 1.25 bits per heavy atom. The third kappa shape index (κ3) is 2.29. The molecule has 0 radical (unpaired) electrons. The van der Waals surface area contributed by atoms with Crippen molar-refractivity contribution in [3.8, 4) is 0 Å². The van der Waals surface area contributed by atoms with Gasteiger partial charge in [0.1, 0.15) is 11.5 Å². The lowest BCUT2D eigenvalue weighted by atomic mass is 9.91. The Kier molecular flexibility index (Phi) is 2.18. The Hall–Kier alpha value is -0.920. The molecule has 0 aromatic heterocycles. The van der Waals surface area contributed by atoms with Crippen molar-refractivity contribution in [2.75, 3.05) is 0 Å². The van der Waals surface area contributed by atoms with Crippen LogP contribution in [0.4, 0.5) is 0 Å². The minimum Gasteiger partial charge on any atom is -0.428 e. The molecule has 0 aromatic rings. The summed E-state index contributed by atoms with van der Waals surface area (Å²) in [6, 6.07) is 0. The summed E-state index contributed by atoms with van der Waals surface area (Å²) in [6.45, 7) is 12.0. The molecule has 0 aromatic carbocycles. The van der Waals surface area contributed by atoms with E-state index in [9.17, 15) is 0 Å². The standard InChI is InChI=1S/C10H16O2/c1-7-9(6-10(3,4)5)12-8(2)11-7/h2,6H2,1,3-5H3. The summed E-state index contributed by atoms with van der Waals surface area (Å²) in [5.74, 6) is 2.15. The predicted octanol–water partition coefficient (Wildman–Crippen LogP) is 3.17. The lowest BCUT2D eigenvalue weighted by Crippen LogP contribution is -2.06. The van der Waals surface area contributed by atoms with Crippen LogP contribution in [0.15, 0.2) is 24.0 Å². The molecule has 0 aliphatic carbocycles. The van der Waals surface area contributed by atoms with E-state index in [0.29, 0.717) is 5.95 Å². The molecule has 0 fully saturated rings. The highest BCUT2D eigenvalue weighted by Crippen LogP contribution is 2.32. The van der Waals surface area contributed by atoms with Crippen molar-refractivity contribution in [3.05, 3.63) is 24.0 Å². The van der Waals surface area contributed by atoms with Gasteiger partial charge in [-0.1, -0.05) is 20.8 Å². The summed E-state index contributed by atoms with van der Waals surface area (Å²) in [6.07, 6.45) is 0.887. The fourth-order valence-corrected chi connectivity index (χ4v) is 1.10. The lowest BCUT2D eigenvalue weighted by Gasteiger charge is -2.17. The summed E-state index contributed by atoms with van der Waals surface area (Å²) >= 11 is 0. The maximum atomic E-state index is 5.31. The first-order valence-electron chi connectivity index (χ1n) is 4.13. The lowest BCUT2D eigenvalue weighted by molar-refractivity contribution is 0.169. The average molecular weight is 168 g/mol. The van der Waals surface area contributed by atoms with Gasteiger partial charge in [-0.15, -0.1) is 0 Å². The van der Waals surface area contributed by atoms with Crippen molar-refractivity contribution in [1.29, 1.82) is 0 Å². The molecule has 1 heterocycles. The molecule has 68 valence electrons. The molecule has 12 heavy (non-hydrogen) atoms. The van der Waals surface area contributed by atoms with Crippen LogP contribution in [0, 0.1) is 5.41 Å². The summed E-state index contributed by atoms with van der Waals surface area (Å²) in [4.78, 5) is 0.